The summed E-state index contributed by atoms with van der Waals surface area (Å²) < 4.78 is 2.64. The van der Waals surface area contributed by atoms with Gasteiger partial charge < -0.3 is 9.80 Å². The molecule has 278 valence electrons. The fourth-order valence-electron chi connectivity index (χ4n) is 8.59. The van der Waals surface area contributed by atoms with Crippen LogP contribution < -0.4 is 9.80 Å². The van der Waals surface area contributed by atoms with Crippen molar-refractivity contribution in [2.45, 2.75) is 0 Å². The van der Waals surface area contributed by atoms with Crippen LogP contribution in [0.2, 0.25) is 0 Å². The lowest BCUT2D eigenvalue weighted by Gasteiger charge is -2.30. The number of fused-ring (bicyclic) bond motifs is 6. The third kappa shape index (κ3) is 6.29. The van der Waals surface area contributed by atoms with Crippen LogP contribution >= 0.6 is 11.3 Å². The first kappa shape index (κ1) is 34.8. The zero-order valence-corrected chi connectivity index (χ0v) is 33.1. The summed E-state index contributed by atoms with van der Waals surface area (Å²) >= 11 is 1.88. The van der Waals surface area contributed by atoms with Gasteiger partial charge in [-0.15, -0.1) is 11.3 Å². The highest BCUT2D eigenvalue weighted by molar-refractivity contribution is 7.26. The van der Waals surface area contributed by atoms with Crippen LogP contribution in [0, 0.1) is 0 Å². The smallest absolute Gasteiger partial charge is 0.0618 e. The van der Waals surface area contributed by atoms with E-state index < -0.39 is 0 Å². The second-order valence-electron chi connectivity index (χ2n) is 14.9. The molecule has 0 amide bonds. The van der Waals surface area contributed by atoms with E-state index >= 15 is 0 Å². The highest BCUT2D eigenvalue weighted by Crippen LogP contribution is 2.47. The molecular formula is C56H38N2S. The standard InChI is InChI=1S/C56H38N2S/c1-4-14-39(15-5-1)40-24-30-47(31-25-40)58(45-20-8-3-9-21-45)55-49-22-12-10-16-41(49)28-35-50(55)43-26-32-46(33-27-43)57(44-18-6-2-7-19-44)48-34-37-54-53(38-48)52-36-29-42-17-11-13-23-51(42)56(52)59-54/h1-38H. The Kier molecular flexibility index (Phi) is 8.72. The molecule has 0 aliphatic carbocycles. The van der Waals surface area contributed by atoms with Gasteiger partial charge in [-0.1, -0.05) is 164 Å². The van der Waals surface area contributed by atoms with E-state index in [4.69, 9.17) is 0 Å². The van der Waals surface area contributed by atoms with Gasteiger partial charge in [0.25, 0.3) is 0 Å². The van der Waals surface area contributed by atoms with E-state index in [1.165, 1.54) is 52.8 Å². The number of benzene rings is 10. The van der Waals surface area contributed by atoms with E-state index in [1.54, 1.807) is 0 Å². The van der Waals surface area contributed by atoms with Gasteiger partial charge in [0.2, 0.25) is 0 Å². The first-order valence-electron chi connectivity index (χ1n) is 20.1. The fourth-order valence-corrected chi connectivity index (χ4v) is 9.81. The van der Waals surface area contributed by atoms with Gasteiger partial charge in [0.1, 0.15) is 0 Å². The van der Waals surface area contributed by atoms with E-state index in [0.717, 1.165) is 45.3 Å². The normalized spacial score (nSPS) is 11.4. The number of hydrogen-bond donors (Lipinski definition) is 0. The van der Waals surface area contributed by atoms with Gasteiger partial charge in [-0.25, -0.2) is 0 Å². The van der Waals surface area contributed by atoms with Crippen molar-refractivity contribution in [1.29, 1.82) is 0 Å². The number of nitrogens with zero attached hydrogens (tertiary/aromatic N) is 2. The lowest BCUT2D eigenvalue weighted by atomic mass is 9.96. The first-order valence-corrected chi connectivity index (χ1v) is 20.9. The second kappa shape index (κ2) is 14.8. The monoisotopic (exact) mass is 770 g/mol. The van der Waals surface area contributed by atoms with Crippen LogP contribution in [-0.2, 0) is 0 Å². The van der Waals surface area contributed by atoms with Crippen molar-refractivity contribution in [3.63, 3.8) is 0 Å². The van der Waals surface area contributed by atoms with E-state index in [0.29, 0.717) is 0 Å². The molecule has 1 aromatic heterocycles. The number of anilines is 6. The summed E-state index contributed by atoms with van der Waals surface area (Å²) in [4.78, 5) is 4.79. The van der Waals surface area contributed by atoms with E-state index in [2.05, 4.69) is 240 Å². The van der Waals surface area contributed by atoms with Gasteiger partial charge in [0.05, 0.1) is 5.69 Å². The summed E-state index contributed by atoms with van der Waals surface area (Å²) in [5.74, 6) is 0. The molecule has 2 nitrogen and oxygen atoms in total. The minimum absolute atomic E-state index is 1.10. The summed E-state index contributed by atoms with van der Waals surface area (Å²) in [5, 5.41) is 7.57. The zero-order chi connectivity index (χ0) is 39.1. The van der Waals surface area contributed by atoms with Crippen molar-refractivity contribution in [1.82, 2.24) is 0 Å². The van der Waals surface area contributed by atoms with Crippen LogP contribution in [0.15, 0.2) is 231 Å². The highest BCUT2D eigenvalue weighted by Gasteiger charge is 2.21. The molecule has 3 heteroatoms. The maximum absolute atomic E-state index is 2.42. The fraction of sp³-hybridized carbons (Fsp3) is 0. The van der Waals surface area contributed by atoms with Crippen LogP contribution in [0.1, 0.15) is 0 Å². The molecule has 0 aliphatic rings. The molecule has 10 aromatic carbocycles. The van der Waals surface area contributed by atoms with Gasteiger partial charge in [-0.2, -0.15) is 0 Å². The summed E-state index contributed by atoms with van der Waals surface area (Å²) in [6.07, 6.45) is 0. The van der Waals surface area contributed by atoms with Gasteiger partial charge >= 0.3 is 0 Å². The van der Waals surface area contributed by atoms with Crippen molar-refractivity contribution in [3.8, 4) is 22.3 Å². The summed E-state index contributed by atoms with van der Waals surface area (Å²) in [6, 6.07) is 83.5. The van der Waals surface area contributed by atoms with Crippen LogP contribution in [-0.4, -0.2) is 0 Å². The average Bonchev–Trinajstić information content (AvgIpc) is 3.69. The molecule has 0 unspecified atom stereocenters. The first-order chi connectivity index (χ1) is 29.3. The third-order valence-corrected chi connectivity index (χ3v) is 12.6. The van der Waals surface area contributed by atoms with Crippen molar-refractivity contribution in [3.05, 3.63) is 231 Å². The van der Waals surface area contributed by atoms with Crippen LogP contribution in [0.4, 0.5) is 34.1 Å². The molecule has 0 bridgehead atoms. The summed E-state index contributed by atoms with van der Waals surface area (Å²) in [6.45, 7) is 0. The molecule has 0 atom stereocenters. The SMILES string of the molecule is c1ccc(-c2ccc(N(c3ccccc3)c3c(-c4ccc(N(c5ccccc5)c5ccc6sc7c8ccccc8ccc7c6c5)cc4)ccc4ccccc34)cc2)cc1. The molecule has 11 rings (SSSR count). The third-order valence-electron chi connectivity index (χ3n) is 11.4. The second-order valence-corrected chi connectivity index (χ2v) is 16.0. The molecule has 0 radical (unpaired) electrons. The molecular weight excluding hydrogens is 733 g/mol. The molecule has 0 N–H and O–H groups in total. The Bertz CT molecular complexity index is 3250. The van der Waals surface area contributed by atoms with Crippen molar-refractivity contribution >= 4 is 87.2 Å². The molecule has 0 saturated carbocycles. The van der Waals surface area contributed by atoms with Gasteiger partial charge in [0.15, 0.2) is 0 Å². The summed E-state index contributed by atoms with van der Waals surface area (Å²) in [5.41, 5.74) is 11.4. The molecule has 59 heavy (non-hydrogen) atoms. The molecule has 0 fully saturated rings. The Morgan fingerprint density at radius 3 is 1.47 bits per heavy atom. The molecule has 1 heterocycles. The maximum atomic E-state index is 2.42. The Morgan fingerprint density at radius 1 is 0.288 bits per heavy atom. The molecule has 0 aliphatic heterocycles. The minimum Gasteiger partial charge on any atom is -0.310 e. The summed E-state index contributed by atoms with van der Waals surface area (Å²) in [7, 11) is 0. The zero-order valence-electron chi connectivity index (χ0n) is 32.2. The van der Waals surface area contributed by atoms with Crippen LogP contribution in [0.5, 0.6) is 0 Å². The Labute approximate surface area is 348 Å². The lowest BCUT2D eigenvalue weighted by molar-refractivity contribution is 1.28. The number of para-hydroxylation sites is 2. The molecule has 0 saturated heterocycles. The highest BCUT2D eigenvalue weighted by atomic mass is 32.1. The average molecular weight is 771 g/mol. The Balaban J connectivity index is 1.04. The van der Waals surface area contributed by atoms with E-state index in [1.807, 2.05) is 11.3 Å². The van der Waals surface area contributed by atoms with Crippen LogP contribution in [0.3, 0.4) is 0 Å². The van der Waals surface area contributed by atoms with Crippen LogP contribution in [0.25, 0.3) is 64.0 Å². The topological polar surface area (TPSA) is 6.48 Å². The lowest BCUT2D eigenvalue weighted by Crippen LogP contribution is -2.12. The van der Waals surface area contributed by atoms with E-state index in [-0.39, 0.29) is 0 Å². The Morgan fingerprint density at radius 2 is 0.780 bits per heavy atom. The van der Waals surface area contributed by atoms with Gasteiger partial charge in [-0.05, 0) is 99.6 Å². The largest absolute Gasteiger partial charge is 0.310 e. The minimum atomic E-state index is 1.10. The van der Waals surface area contributed by atoms with Crippen molar-refractivity contribution < 1.29 is 0 Å². The number of rotatable bonds is 8. The predicted octanol–water partition coefficient (Wildman–Crippen LogP) is 16.6. The van der Waals surface area contributed by atoms with Gasteiger partial charge in [0, 0.05) is 59.6 Å². The van der Waals surface area contributed by atoms with Crippen molar-refractivity contribution in [2.75, 3.05) is 9.80 Å². The van der Waals surface area contributed by atoms with Crippen molar-refractivity contribution in [2.24, 2.45) is 0 Å². The number of hydrogen-bond acceptors (Lipinski definition) is 3. The quantitative estimate of drug-likeness (QED) is 0.152. The number of thiophene rings is 1. The van der Waals surface area contributed by atoms with Gasteiger partial charge in [-0.3, -0.25) is 0 Å². The maximum Gasteiger partial charge on any atom is 0.0618 e. The molecule has 11 aromatic rings. The molecule has 0 spiro atoms. The Hall–Kier alpha value is -7.46. The van der Waals surface area contributed by atoms with E-state index in [9.17, 15) is 0 Å². The predicted molar refractivity (Wildman–Crippen MR) is 255 cm³/mol.